The lowest BCUT2D eigenvalue weighted by atomic mass is 9.89. The van der Waals surface area contributed by atoms with Gasteiger partial charge in [0.2, 0.25) is 0 Å². The molecule has 4 aromatic rings. The van der Waals surface area contributed by atoms with E-state index in [1.54, 1.807) is 0 Å². The number of aromatic nitrogens is 2. The number of benzene rings is 3. The summed E-state index contributed by atoms with van der Waals surface area (Å²) < 4.78 is 14.3. The zero-order valence-electron chi connectivity index (χ0n) is 16.9. The molecule has 0 aliphatic carbocycles. The van der Waals surface area contributed by atoms with Crippen molar-refractivity contribution < 1.29 is 5.94 Å². The van der Waals surface area contributed by atoms with Crippen LogP contribution in [0.2, 0.25) is 0 Å². The van der Waals surface area contributed by atoms with Crippen molar-refractivity contribution in [2.45, 2.75) is 26.7 Å². The SMILES string of the molecule is [2H]C1(c2ccccc2)c2ccccc2-n2c1c(C)[n+](-c1ccccc1C)c2C. The zero-order chi connectivity index (χ0) is 19.5. The van der Waals surface area contributed by atoms with E-state index in [0.29, 0.717) is 0 Å². The van der Waals surface area contributed by atoms with Crippen LogP contribution < -0.4 is 4.57 Å². The van der Waals surface area contributed by atoms with Gasteiger partial charge in [-0.3, -0.25) is 0 Å². The highest BCUT2D eigenvalue weighted by Gasteiger charge is 2.42. The molecule has 3 aromatic carbocycles. The summed E-state index contributed by atoms with van der Waals surface area (Å²) in [5, 5.41) is 0. The van der Waals surface area contributed by atoms with Crippen LogP contribution in [0.5, 0.6) is 0 Å². The Morgan fingerprint density at radius 2 is 1.48 bits per heavy atom. The van der Waals surface area contributed by atoms with E-state index in [9.17, 15) is 1.37 Å². The van der Waals surface area contributed by atoms with Crippen LogP contribution >= 0.6 is 0 Å². The van der Waals surface area contributed by atoms with Crippen LogP contribution in [-0.2, 0) is 0 Å². The van der Waals surface area contributed by atoms with Gasteiger partial charge in [0, 0.05) is 20.8 Å². The predicted molar refractivity (Wildman–Crippen MR) is 109 cm³/mol. The van der Waals surface area contributed by atoms with E-state index in [1.807, 2.05) is 24.3 Å². The van der Waals surface area contributed by atoms with Crippen LogP contribution in [0.15, 0.2) is 78.9 Å². The standard InChI is InChI=1S/C25H23N2/c1-17-11-7-9-15-22(17)26-18(2)25-24(20-12-5-4-6-13-20)21-14-8-10-16-23(21)27(25)19(26)3/h4-16,24H,1-3H3/q+1/i24D. The van der Waals surface area contributed by atoms with Crippen molar-refractivity contribution in [2.75, 3.05) is 0 Å². The molecule has 2 heterocycles. The minimum Gasteiger partial charge on any atom is -0.197 e. The monoisotopic (exact) mass is 352 g/mol. The molecular weight excluding hydrogens is 328 g/mol. The Hall–Kier alpha value is -3.13. The summed E-state index contributed by atoms with van der Waals surface area (Å²) in [4.78, 5) is 0. The Kier molecular flexibility index (Phi) is 3.30. The van der Waals surface area contributed by atoms with Gasteiger partial charge in [0.15, 0.2) is 5.69 Å². The molecule has 0 fully saturated rings. The summed E-state index contributed by atoms with van der Waals surface area (Å²) in [5.74, 6) is 0.194. The predicted octanol–water partition coefficient (Wildman–Crippen LogP) is 5.17. The number of aryl methyl sites for hydroxylation is 1. The van der Waals surface area contributed by atoms with Crippen LogP contribution in [0.25, 0.3) is 11.4 Å². The van der Waals surface area contributed by atoms with Crippen LogP contribution in [0.3, 0.4) is 0 Å². The summed E-state index contributed by atoms with van der Waals surface area (Å²) in [7, 11) is 0. The van der Waals surface area contributed by atoms with Crippen molar-refractivity contribution in [3.05, 3.63) is 113 Å². The molecule has 0 saturated heterocycles. The Morgan fingerprint density at radius 1 is 0.815 bits per heavy atom. The van der Waals surface area contributed by atoms with Gasteiger partial charge in [0.1, 0.15) is 17.1 Å². The average molecular weight is 352 g/mol. The molecule has 27 heavy (non-hydrogen) atoms. The first-order valence-corrected chi connectivity index (χ1v) is 9.41. The molecule has 0 N–H and O–H groups in total. The normalized spacial score (nSPS) is 18.1. The fourth-order valence-electron chi connectivity index (χ4n) is 4.43. The van der Waals surface area contributed by atoms with E-state index in [4.69, 9.17) is 0 Å². The Morgan fingerprint density at radius 3 is 2.26 bits per heavy atom. The lowest BCUT2D eigenvalue weighted by Crippen LogP contribution is -2.37. The van der Waals surface area contributed by atoms with Crippen molar-refractivity contribution in [3.8, 4) is 11.4 Å². The number of hydrogen-bond donors (Lipinski definition) is 0. The van der Waals surface area contributed by atoms with Crippen molar-refractivity contribution in [1.29, 1.82) is 0 Å². The Balaban J connectivity index is 1.90. The topological polar surface area (TPSA) is 8.81 Å². The molecule has 0 radical (unpaired) electrons. The van der Waals surface area contributed by atoms with Gasteiger partial charge in [-0.2, -0.15) is 9.13 Å². The molecular formula is C25H23N2+. The summed E-state index contributed by atoms with van der Waals surface area (Å²) in [6.45, 7) is 6.43. The second kappa shape index (κ2) is 5.95. The molecule has 132 valence electrons. The van der Waals surface area contributed by atoms with Gasteiger partial charge in [0.25, 0.3) is 5.82 Å². The third kappa shape index (κ3) is 2.23. The van der Waals surface area contributed by atoms with Crippen LogP contribution in [-0.4, -0.2) is 4.57 Å². The second-order valence-corrected chi connectivity index (χ2v) is 7.20. The van der Waals surface area contributed by atoms with Gasteiger partial charge in [-0.25, -0.2) is 0 Å². The molecule has 0 spiro atoms. The number of fused-ring (bicyclic) bond motifs is 3. The quantitative estimate of drug-likeness (QED) is 0.440. The Bertz CT molecular complexity index is 1210. The highest BCUT2D eigenvalue weighted by molar-refractivity contribution is 5.59. The number of rotatable bonds is 2. The minimum absolute atomic E-state index is 0.930. The third-order valence-electron chi connectivity index (χ3n) is 5.62. The number of nitrogens with zero attached hydrogens (tertiary/aromatic N) is 2. The highest BCUT2D eigenvalue weighted by atomic mass is 15.2. The lowest BCUT2D eigenvalue weighted by Gasteiger charge is -2.11. The maximum Gasteiger partial charge on any atom is 0.264 e. The molecule has 5 rings (SSSR count). The number of hydrogen-bond acceptors (Lipinski definition) is 0. The van der Waals surface area contributed by atoms with Crippen LogP contribution in [0.1, 0.15) is 41.2 Å². The van der Waals surface area contributed by atoms with Gasteiger partial charge < -0.3 is 0 Å². The lowest BCUT2D eigenvalue weighted by molar-refractivity contribution is -0.609. The van der Waals surface area contributed by atoms with Crippen molar-refractivity contribution in [3.63, 3.8) is 0 Å². The van der Waals surface area contributed by atoms with E-state index in [1.165, 1.54) is 11.3 Å². The van der Waals surface area contributed by atoms with Crippen molar-refractivity contribution in [1.82, 2.24) is 4.57 Å². The van der Waals surface area contributed by atoms with Crippen molar-refractivity contribution in [2.24, 2.45) is 0 Å². The first-order valence-electron chi connectivity index (χ1n) is 9.91. The molecule has 1 aliphatic heterocycles. The molecule has 2 nitrogen and oxygen atoms in total. The average Bonchev–Trinajstić information content (AvgIpc) is 3.15. The third-order valence-corrected chi connectivity index (χ3v) is 5.62. The van der Waals surface area contributed by atoms with Gasteiger partial charge in [0.05, 0.1) is 5.89 Å². The summed E-state index contributed by atoms with van der Waals surface area (Å²) in [6.07, 6.45) is 0. The van der Waals surface area contributed by atoms with E-state index < -0.39 is 5.89 Å². The fraction of sp³-hybridized carbons (Fsp3) is 0.160. The first kappa shape index (κ1) is 15.0. The molecule has 1 unspecified atom stereocenters. The molecule has 0 amide bonds. The highest BCUT2D eigenvalue weighted by Crippen LogP contribution is 2.44. The summed E-state index contributed by atoms with van der Waals surface area (Å²) in [5.41, 5.74) is 7.68. The van der Waals surface area contributed by atoms with E-state index >= 15 is 0 Å². The minimum atomic E-state index is -0.930. The van der Waals surface area contributed by atoms with Gasteiger partial charge in [-0.1, -0.05) is 66.7 Å². The van der Waals surface area contributed by atoms with E-state index in [2.05, 4.69) is 84.5 Å². The smallest absolute Gasteiger partial charge is 0.197 e. The van der Waals surface area contributed by atoms with E-state index in [0.717, 1.165) is 34.0 Å². The van der Waals surface area contributed by atoms with Crippen molar-refractivity contribution >= 4 is 0 Å². The molecule has 1 aromatic heterocycles. The van der Waals surface area contributed by atoms with Crippen LogP contribution in [0, 0.1) is 20.8 Å². The van der Waals surface area contributed by atoms with Crippen LogP contribution in [0.4, 0.5) is 0 Å². The maximum atomic E-state index is 9.72. The first-order chi connectivity index (χ1) is 13.5. The molecule has 0 bridgehead atoms. The molecule has 0 saturated carbocycles. The number of imidazole rings is 1. The summed E-state index contributed by atoms with van der Waals surface area (Å²) >= 11 is 0. The van der Waals surface area contributed by atoms with E-state index in [-0.39, 0.29) is 0 Å². The largest absolute Gasteiger partial charge is 0.264 e. The maximum absolute atomic E-state index is 9.72. The fourth-order valence-corrected chi connectivity index (χ4v) is 4.43. The Labute approximate surface area is 161 Å². The molecule has 1 aliphatic rings. The van der Waals surface area contributed by atoms with Gasteiger partial charge in [-0.05, 0) is 30.2 Å². The van der Waals surface area contributed by atoms with Gasteiger partial charge in [-0.15, -0.1) is 0 Å². The molecule has 2 heteroatoms. The molecule has 1 atom stereocenters. The van der Waals surface area contributed by atoms with Gasteiger partial charge >= 0.3 is 0 Å². The second-order valence-electron chi connectivity index (χ2n) is 7.20. The number of para-hydroxylation sites is 2. The summed E-state index contributed by atoms with van der Waals surface area (Å²) in [6, 6.07) is 27.0. The zero-order valence-corrected chi connectivity index (χ0v) is 15.9.